The van der Waals surface area contributed by atoms with E-state index in [0.717, 1.165) is 54.2 Å². The Morgan fingerprint density at radius 1 is 1.38 bits per heavy atom. The van der Waals surface area contributed by atoms with E-state index in [-0.39, 0.29) is 6.10 Å². The van der Waals surface area contributed by atoms with Crippen LogP contribution in [0.2, 0.25) is 0 Å². The van der Waals surface area contributed by atoms with Gasteiger partial charge in [0.15, 0.2) is 0 Å². The van der Waals surface area contributed by atoms with Crippen molar-refractivity contribution in [1.29, 1.82) is 0 Å². The van der Waals surface area contributed by atoms with Crippen LogP contribution in [0.5, 0.6) is 5.75 Å². The van der Waals surface area contributed by atoms with E-state index in [4.69, 9.17) is 9.47 Å². The van der Waals surface area contributed by atoms with Crippen molar-refractivity contribution >= 4 is 11.8 Å². The number of thioether (sulfide) groups is 1. The van der Waals surface area contributed by atoms with Crippen molar-refractivity contribution in [3.8, 4) is 11.4 Å². The Hall–Kier alpha value is -1.64. The third-order valence-electron chi connectivity index (χ3n) is 4.25. The summed E-state index contributed by atoms with van der Waals surface area (Å²) >= 11 is 1.62. The molecule has 0 unspecified atom stereocenters. The number of ether oxygens (including phenoxy) is 2. The molecule has 3 rings (SSSR count). The zero-order chi connectivity index (χ0) is 18.5. The average molecular weight is 378 g/mol. The molecule has 0 aliphatic carbocycles. The summed E-state index contributed by atoms with van der Waals surface area (Å²) in [7, 11) is 1.66. The fourth-order valence-corrected chi connectivity index (χ4v) is 4.00. The maximum absolute atomic E-state index is 5.93. The SMILES string of the molecule is COc1ccc(C)cc1-n1nnnc1SC[C@H]1CN(CC(C)C)CCO1. The Kier molecular flexibility index (Phi) is 6.50. The van der Waals surface area contributed by atoms with Crippen molar-refractivity contribution in [3.63, 3.8) is 0 Å². The van der Waals surface area contributed by atoms with Crippen molar-refractivity contribution in [1.82, 2.24) is 25.1 Å². The predicted octanol–water partition coefficient (Wildman–Crippen LogP) is 2.43. The van der Waals surface area contributed by atoms with Gasteiger partial charge in [-0.25, -0.2) is 0 Å². The molecule has 0 saturated carbocycles. The third-order valence-corrected chi connectivity index (χ3v) is 5.30. The first-order valence-electron chi connectivity index (χ1n) is 8.97. The van der Waals surface area contributed by atoms with E-state index < -0.39 is 0 Å². The lowest BCUT2D eigenvalue weighted by atomic mass is 10.2. The second-order valence-corrected chi connectivity index (χ2v) is 7.99. The van der Waals surface area contributed by atoms with Crippen LogP contribution in [0.15, 0.2) is 23.4 Å². The quantitative estimate of drug-likeness (QED) is 0.687. The molecule has 1 saturated heterocycles. The largest absolute Gasteiger partial charge is 0.494 e. The lowest BCUT2D eigenvalue weighted by Gasteiger charge is -2.33. The molecule has 1 aliphatic rings. The minimum absolute atomic E-state index is 0.192. The van der Waals surface area contributed by atoms with Gasteiger partial charge in [-0.15, -0.1) is 5.10 Å². The molecule has 0 N–H and O–H groups in total. The number of nitrogens with zero attached hydrogens (tertiary/aromatic N) is 5. The van der Waals surface area contributed by atoms with Gasteiger partial charge in [-0.1, -0.05) is 31.7 Å². The molecule has 1 atom stereocenters. The summed E-state index contributed by atoms with van der Waals surface area (Å²) in [5.41, 5.74) is 1.98. The highest BCUT2D eigenvalue weighted by Crippen LogP contribution is 2.27. The molecule has 1 aliphatic heterocycles. The number of methoxy groups -OCH3 is 1. The average Bonchev–Trinajstić information content (AvgIpc) is 3.08. The van der Waals surface area contributed by atoms with Gasteiger partial charge < -0.3 is 9.47 Å². The Morgan fingerprint density at radius 2 is 2.23 bits per heavy atom. The maximum atomic E-state index is 5.93. The number of hydrogen-bond donors (Lipinski definition) is 0. The molecule has 1 aromatic carbocycles. The summed E-state index contributed by atoms with van der Waals surface area (Å²) in [6.45, 7) is 10.4. The molecule has 7 nitrogen and oxygen atoms in total. The zero-order valence-electron chi connectivity index (χ0n) is 15.9. The molecule has 26 heavy (non-hydrogen) atoms. The molecule has 0 radical (unpaired) electrons. The highest BCUT2D eigenvalue weighted by atomic mass is 32.2. The number of rotatable bonds is 7. The molecule has 0 amide bonds. The molecule has 1 fully saturated rings. The molecule has 8 heteroatoms. The lowest BCUT2D eigenvalue weighted by molar-refractivity contribution is -0.0191. The van der Waals surface area contributed by atoms with Gasteiger partial charge in [0.1, 0.15) is 11.4 Å². The first-order valence-corrected chi connectivity index (χ1v) is 9.95. The van der Waals surface area contributed by atoms with Gasteiger partial charge in [0.2, 0.25) is 5.16 Å². The van der Waals surface area contributed by atoms with E-state index in [1.807, 2.05) is 25.1 Å². The van der Waals surface area contributed by atoms with E-state index >= 15 is 0 Å². The smallest absolute Gasteiger partial charge is 0.214 e. The Bertz CT molecular complexity index is 721. The molecule has 2 aromatic rings. The minimum Gasteiger partial charge on any atom is -0.494 e. The van der Waals surface area contributed by atoms with E-state index in [9.17, 15) is 0 Å². The summed E-state index contributed by atoms with van der Waals surface area (Å²) < 4.78 is 13.1. The van der Waals surface area contributed by atoms with Crippen LogP contribution in [0.4, 0.5) is 0 Å². The summed E-state index contributed by atoms with van der Waals surface area (Å²) in [6, 6.07) is 5.98. The molecular weight excluding hydrogens is 350 g/mol. The Balaban J connectivity index is 1.67. The summed E-state index contributed by atoms with van der Waals surface area (Å²) in [5, 5.41) is 13.0. The molecule has 0 bridgehead atoms. The number of aromatic nitrogens is 4. The highest BCUT2D eigenvalue weighted by Gasteiger charge is 2.22. The molecule has 1 aromatic heterocycles. The number of aryl methyl sites for hydroxylation is 1. The van der Waals surface area contributed by atoms with Crippen LogP contribution in [0.1, 0.15) is 19.4 Å². The number of tetrazole rings is 1. The second-order valence-electron chi connectivity index (χ2n) is 7.01. The maximum Gasteiger partial charge on any atom is 0.214 e. The monoisotopic (exact) mass is 377 g/mol. The van der Waals surface area contributed by atoms with Crippen LogP contribution >= 0.6 is 11.8 Å². The number of morpholine rings is 1. The number of hydrogen-bond acceptors (Lipinski definition) is 7. The van der Waals surface area contributed by atoms with Crippen molar-refractivity contribution < 1.29 is 9.47 Å². The van der Waals surface area contributed by atoms with Crippen molar-refractivity contribution in [2.45, 2.75) is 32.0 Å². The van der Waals surface area contributed by atoms with E-state index in [0.29, 0.717) is 5.92 Å². The summed E-state index contributed by atoms with van der Waals surface area (Å²) in [4.78, 5) is 2.48. The van der Waals surface area contributed by atoms with Gasteiger partial charge in [0.25, 0.3) is 0 Å². The topological polar surface area (TPSA) is 65.3 Å². The summed E-state index contributed by atoms with van der Waals surface area (Å²) in [5.74, 6) is 2.24. The fraction of sp³-hybridized carbons (Fsp3) is 0.611. The zero-order valence-corrected chi connectivity index (χ0v) is 16.7. The Morgan fingerprint density at radius 3 is 3.00 bits per heavy atom. The minimum atomic E-state index is 0.192. The molecule has 142 valence electrons. The third kappa shape index (κ3) is 4.75. The van der Waals surface area contributed by atoms with Crippen LogP contribution in [-0.2, 0) is 4.74 Å². The van der Waals surface area contributed by atoms with Gasteiger partial charge in [-0.2, -0.15) is 4.68 Å². The van der Waals surface area contributed by atoms with Crippen LogP contribution in [0.3, 0.4) is 0 Å². The second kappa shape index (κ2) is 8.83. The van der Waals surface area contributed by atoms with Gasteiger partial charge in [-0.05, 0) is 41.0 Å². The summed E-state index contributed by atoms with van der Waals surface area (Å²) in [6.07, 6.45) is 0.192. The van der Waals surface area contributed by atoms with Gasteiger partial charge in [0.05, 0.1) is 19.8 Å². The van der Waals surface area contributed by atoms with Gasteiger partial charge in [0, 0.05) is 25.4 Å². The normalized spacial score (nSPS) is 18.4. The van der Waals surface area contributed by atoms with Crippen LogP contribution in [0.25, 0.3) is 5.69 Å². The van der Waals surface area contributed by atoms with Gasteiger partial charge >= 0.3 is 0 Å². The van der Waals surface area contributed by atoms with Crippen LogP contribution in [0, 0.1) is 12.8 Å². The molecule has 0 spiro atoms. The molecule has 2 heterocycles. The van der Waals surface area contributed by atoms with Crippen LogP contribution < -0.4 is 4.74 Å². The highest BCUT2D eigenvalue weighted by molar-refractivity contribution is 7.99. The van der Waals surface area contributed by atoms with E-state index in [2.05, 4.69) is 34.3 Å². The Labute approximate surface area is 159 Å². The van der Waals surface area contributed by atoms with E-state index in [1.54, 1.807) is 23.6 Å². The fourth-order valence-electron chi connectivity index (χ4n) is 3.12. The van der Waals surface area contributed by atoms with Crippen molar-refractivity contribution in [3.05, 3.63) is 23.8 Å². The first-order chi connectivity index (χ1) is 12.6. The lowest BCUT2D eigenvalue weighted by Crippen LogP contribution is -2.44. The number of benzene rings is 1. The first kappa shape index (κ1) is 19.1. The van der Waals surface area contributed by atoms with Crippen LogP contribution in [-0.4, -0.2) is 70.3 Å². The van der Waals surface area contributed by atoms with Crippen molar-refractivity contribution in [2.24, 2.45) is 5.92 Å². The van der Waals surface area contributed by atoms with Crippen molar-refractivity contribution in [2.75, 3.05) is 39.1 Å². The van der Waals surface area contributed by atoms with Gasteiger partial charge in [-0.3, -0.25) is 4.90 Å². The van der Waals surface area contributed by atoms with E-state index in [1.165, 1.54) is 0 Å². The molecular formula is C18H27N5O2S. The predicted molar refractivity (Wildman–Crippen MR) is 102 cm³/mol. The standard InChI is InChI=1S/C18H27N5O2S/c1-13(2)10-22-7-8-25-15(11-22)12-26-18-19-20-21-23(18)16-9-14(3)5-6-17(16)24-4/h5-6,9,13,15H,7-8,10-12H2,1-4H3/t15-/m1/s1.